The molecular formula is C13H14ClNO2S2. The van der Waals surface area contributed by atoms with E-state index < -0.39 is 10.0 Å². The lowest BCUT2D eigenvalue weighted by molar-refractivity contribution is 0.594. The lowest BCUT2D eigenvalue weighted by Crippen LogP contribution is -2.30. The van der Waals surface area contributed by atoms with Gasteiger partial charge in [0.15, 0.2) is 0 Å². The van der Waals surface area contributed by atoms with E-state index in [-0.39, 0.29) is 0 Å². The van der Waals surface area contributed by atoms with Gasteiger partial charge < -0.3 is 0 Å². The predicted molar refractivity (Wildman–Crippen MR) is 80.7 cm³/mol. The lowest BCUT2D eigenvalue weighted by atomic mass is 10.2. The van der Waals surface area contributed by atoms with Gasteiger partial charge in [0.25, 0.3) is 10.0 Å². The highest BCUT2D eigenvalue weighted by molar-refractivity contribution is 7.94. The van der Waals surface area contributed by atoms with Crippen LogP contribution in [0.25, 0.3) is 0 Å². The van der Waals surface area contributed by atoms with Crippen LogP contribution < -0.4 is 4.31 Å². The molecule has 0 saturated carbocycles. The molecule has 0 fully saturated rings. The Bertz CT molecular complexity index is 666. The normalized spacial score (nSPS) is 11.5. The van der Waals surface area contributed by atoms with Gasteiger partial charge in [0, 0.05) is 11.6 Å². The van der Waals surface area contributed by atoms with Crippen molar-refractivity contribution in [3.8, 4) is 0 Å². The molecule has 1 aromatic heterocycles. The van der Waals surface area contributed by atoms with Crippen molar-refractivity contribution in [2.75, 3.05) is 10.8 Å². The minimum atomic E-state index is -3.49. The number of sulfonamides is 1. The second-order valence-electron chi connectivity index (χ2n) is 4.03. The summed E-state index contributed by atoms with van der Waals surface area (Å²) in [7, 11) is -3.49. The van der Waals surface area contributed by atoms with Crippen LogP contribution in [0, 0.1) is 6.92 Å². The number of hydrogen-bond acceptors (Lipinski definition) is 3. The quantitative estimate of drug-likeness (QED) is 0.857. The van der Waals surface area contributed by atoms with E-state index in [0.717, 1.165) is 5.56 Å². The number of thiophene rings is 1. The van der Waals surface area contributed by atoms with Crippen molar-refractivity contribution in [1.29, 1.82) is 0 Å². The van der Waals surface area contributed by atoms with E-state index in [4.69, 9.17) is 11.6 Å². The minimum absolute atomic E-state index is 0.351. The summed E-state index contributed by atoms with van der Waals surface area (Å²) < 4.78 is 26.9. The van der Waals surface area contributed by atoms with E-state index in [1.807, 2.05) is 13.8 Å². The van der Waals surface area contributed by atoms with Gasteiger partial charge in [-0.2, -0.15) is 0 Å². The molecule has 0 aliphatic carbocycles. The standard InChI is InChI=1S/C13H14ClNO2S2/c1-3-15(12-7-6-11(14)9-10(12)2)19(16,17)13-5-4-8-18-13/h4-9H,3H2,1-2H3. The molecule has 0 unspecified atom stereocenters. The van der Waals surface area contributed by atoms with E-state index >= 15 is 0 Å². The fourth-order valence-corrected chi connectivity index (χ4v) is 4.76. The average Bonchev–Trinajstić information content (AvgIpc) is 2.87. The molecule has 102 valence electrons. The fourth-order valence-electron chi connectivity index (χ4n) is 1.89. The van der Waals surface area contributed by atoms with Gasteiger partial charge in [-0.3, -0.25) is 4.31 Å². The van der Waals surface area contributed by atoms with Gasteiger partial charge in [0.1, 0.15) is 4.21 Å². The molecule has 0 radical (unpaired) electrons. The van der Waals surface area contributed by atoms with Gasteiger partial charge in [0.2, 0.25) is 0 Å². The molecule has 19 heavy (non-hydrogen) atoms. The smallest absolute Gasteiger partial charge is 0.266 e. The number of anilines is 1. The molecule has 0 amide bonds. The van der Waals surface area contributed by atoms with E-state index in [9.17, 15) is 8.42 Å². The van der Waals surface area contributed by atoms with E-state index in [1.54, 1.807) is 35.7 Å². The third-order valence-electron chi connectivity index (χ3n) is 2.75. The topological polar surface area (TPSA) is 37.4 Å². The first-order valence-electron chi connectivity index (χ1n) is 5.79. The van der Waals surface area contributed by atoms with Crippen LogP contribution >= 0.6 is 22.9 Å². The first-order chi connectivity index (χ1) is 8.96. The van der Waals surface area contributed by atoms with Crippen molar-refractivity contribution in [3.63, 3.8) is 0 Å². The molecule has 1 heterocycles. The summed E-state index contributed by atoms with van der Waals surface area (Å²) in [5, 5.41) is 2.36. The zero-order valence-electron chi connectivity index (χ0n) is 10.6. The molecular weight excluding hydrogens is 302 g/mol. The van der Waals surface area contributed by atoms with Gasteiger partial charge >= 0.3 is 0 Å². The van der Waals surface area contributed by atoms with Gasteiger partial charge in [0.05, 0.1) is 5.69 Å². The van der Waals surface area contributed by atoms with Crippen molar-refractivity contribution in [3.05, 3.63) is 46.3 Å². The Morgan fingerprint density at radius 2 is 2.05 bits per heavy atom. The largest absolute Gasteiger partial charge is 0.273 e. The molecule has 0 saturated heterocycles. The summed E-state index contributed by atoms with van der Waals surface area (Å²) in [4.78, 5) is 0. The summed E-state index contributed by atoms with van der Waals surface area (Å²) in [5.41, 5.74) is 1.51. The second kappa shape index (κ2) is 5.53. The molecule has 2 rings (SSSR count). The van der Waals surface area contributed by atoms with E-state index in [0.29, 0.717) is 21.5 Å². The van der Waals surface area contributed by atoms with Crippen molar-refractivity contribution in [2.45, 2.75) is 18.1 Å². The van der Waals surface area contributed by atoms with Crippen LogP contribution in [0.1, 0.15) is 12.5 Å². The highest BCUT2D eigenvalue weighted by Crippen LogP contribution is 2.30. The minimum Gasteiger partial charge on any atom is -0.266 e. The number of rotatable bonds is 4. The number of benzene rings is 1. The van der Waals surface area contributed by atoms with Crippen LogP contribution in [0.3, 0.4) is 0 Å². The third kappa shape index (κ3) is 2.78. The predicted octanol–water partition coefficient (Wildman–Crippen LogP) is 3.93. The number of halogens is 1. The van der Waals surface area contributed by atoms with Gasteiger partial charge in [-0.1, -0.05) is 17.7 Å². The summed E-state index contributed by atoms with van der Waals surface area (Å²) in [6.45, 7) is 4.05. The monoisotopic (exact) mass is 315 g/mol. The molecule has 0 N–H and O–H groups in total. The Kier molecular flexibility index (Phi) is 4.18. The number of nitrogens with zero attached hydrogens (tertiary/aromatic N) is 1. The molecule has 0 spiro atoms. The zero-order chi connectivity index (χ0) is 14.0. The van der Waals surface area contributed by atoms with Crippen LogP contribution in [-0.4, -0.2) is 15.0 Å². The maximum absolute atomic E-state index is 12.6. The Hall–Kier alpha value is -1.04. The number of aryl methyl sites for hydroxylation is 1. The molecule has 0 atom stereocenters. The van der Waals surface area contributed by atoms with Gasteiger partial charge in [-0.25, -0.2) is 8.42 Å². The third-order valence-corrected chi connectivity index (χ3v) is 6.25. The highest BCUT2D eigenvalue weighted by atomic mass is 35.5. The van der Waals surface area contributed by atoms with Crippen molar-refractivity contribution >= 4 is 38.6 Å². The Labute approximate surface area is 122 Å². The molecule has 0 aliphatic rings. The number of hydrogen-bond donors (Lipinski definition) is 0. The Morgan fingerprint density at radius 1 is 1.32 bits per heavy atom. The van der Waals surface area contributed by atoms with Gasteiger partial charge in [-0.05, 0) is 49.1 Å². The van der Waals surface area contributed by atoms with Gasteiger partial charge in [-0.15, -0.1) is 11.3 Å². The van der Waals surface area contributed by atoms with E-state index in [2.05, 4.69) is 0 Å². The first-order valence-corrected chi connectivity index (χ1v) is 8.49. The van der Waals surface area contributed by atoms with Crippen LogP contribution in [0.5, 0.6) is 0 Å². The summed E-state index contributed by atoms with van der Waals surface area (Å²) >= 11 is 7.13. The molecule has 0 bridgehead atoms. The summed E-state index contributed by atoms with van der Waals surface area (Å²) in [5.74, 6) is 0. The SMILES string of the molecule is CCN(c1ccc(Cl)cc1C)S(=O)(=O)c1cccs1. The molecule has 3 nitrogen and oxygen atoms in total. The average molecular weight is 316 g/mol. The molecule has 0 aliphatic heterocycles. The fraction of sp³-hybridized carbons (Fsp3) is 0.231. The van der Waals surface area contributed by atoms with Crippen molar-refractivity contribution in [2.24, 2.45) is 0 Å². The second-order valence-corrected chi connectivity index (χ2v) is 7.51. The van der Waals surface area contributed by atoms with Crippen LogP contribution in [0.4, 0.5) is 5.69 Å². The Morgan fingerprint density at radius 3 is 2.58 bits per heavy atom. The lowest BCUT2D eigenvalue weighted by Gasteiger charge is -2.23. The van der Waals surface area contributed by atoms with E-state index in [1.165, 1.54) is 15.6 Å². The molecule has 2 aromatic rings. The Balaban J connectivity index is 2.51. The maximum atomic E-state index is 12.6. The van der Waals surface area contributed by atoms with Crippen LogP contribution in [0.15, 0.2) is 39.9 Å². The first kappa shape index (κ1) is 14.4. The zero-order valence-corrected chi connectivity index (χ0v) is 13.0. The maximum Gasteiger partial charge on any atom is 0.273 e. The summed E-state index contributed by atoms with van der Waals surface area (Å²) in [6, 6.07) is 8.57. The molecule has 1 aromatic carbocycles. The summed E-state index contributed by atoms with van der Waals surface area (Å²) in [6.07, 6.45) is 0. The van der Waals surface area contributed by atoms with Crippen LogP contribution in [0.2, 0.25) is 5.02 Å². The van der Waals surface area contributed by atoms with Crippen molar-refractivity contribution < 1.29 is 8.42 Å². The molecule has 6 heteroatoms. The highest BCUT2D eigenvalue weighted by Gasteiger charge is 2.25. The van der Waals surface area contributed by atoms with Crippen LogP contribution in [-0.2, 0) is 10.0 Å². The van der Waals surface area contributed by atoms with Crippen molar-refractivity contribution in [1.82, 2.24) is 0 Å².